The second-order valence-electron chi connectivity index (χ2n) is 13.8. The van der Waals surface area contributed by atoms with E-state index in [0.717, 1.165) is 34.1 Å². The molecule has 2 saturated carbocycles. The van der Waals surface area contributed by atoms with Crippen LogP contribution in [0.25, 0.3) is 10.9 Å². The van der Waals surface area contributed by atoms with Gasteiger partial charge in [0.25, 0.3) is 0 Å². The minimum absolute atomic E-state index is 0.0111. The maximum atomic E-state index is 9.90. The summed E-state index contributed by atoms with van der Waals surface area (Å²) in [7, 11) is 2.11. The summed E-state index contributed by atoms with van der Waals surface area (Å²) in [4.78, 5) is 7.19. The molecule has 2 aromatic heterocycles. The molecular weight excluding hydrogens is 578 g/mol. The van der Waals surface area contributed by atoms with Gasteiger partial charge in [0.05, 0.1) is 39.5 Å². The van der Waals surface area contributed by atoms with Gasteiger partial charge in [0.1, 0.15) is 19.6 Å². The van der Waals surface area contributed by atoms with Crippen molar-refractivity contribution in [1.82, 2.24) is 24.9 Å². The molecule has 2 N–H and O–H groups in total. The molecule has 3 heterocycles. The molecule has 0 amide bonds. The molecule has 2 aromatic carbocycles. The lowest BCUT2D eigenvalue weighted by Gasteiger charge is -2.31. The fourth-order valence-corrected chi connectivity index (χ4v) is 7.02. The number of likely N-dealkylation sites (tertiary alicyclic amines) is 1. The molecule has 43 heavy (non-hydrogen) atoms. The normalized spacial score (nSPS) is 23.0. The van der Waals surface area contributed by atoms with Gasteiger partial charge in [0.2, 0.25) is 0 Å². The molecule has 0 radical (unpaired) electrons. The van der Waals surface area contributed by atoms with Crippen molar-refractivity contribution < 1.29 is 0 Å². The molecule has 4 aromatic rings. The van der Waals surface area contributed by atoms with E-state index >= 15 is 0 Å². The number of hydrogen-bond acceptors (Lipinski definition) is 7. The van der Waals surface area contributed by atoms with E-state index in [0.29, 0.717) is 45.5 Å². The number of aromatic nitrogens is 4. The van der Waals surface area contributed by atoms with Crippen molar-refractivity contribution in [3.63, 3.8) is 0 Å². The van der Waals surface area contributed by atoms with Gasteiger partial charge in [0.15, 0.2) is 0 Å². The van der Waals surface area contributed by atoms with E-state index in [1.54, 1.807) is 6.20 Å². The first-order valence-electron chi connectivity index (χ1n) is 15.0. The molecule has 2 aliphatic carbocycles. The van der Waals surface area contributed by atoms with Crippen LogP contribution in [0.15, 0.2) is 48.8 Å². The number of benzene rings is 2. The average Bonchev–Trinajstić information content (AvgIpc) is 3.82. The Morgan fingerprint density at radius 1 is 1.09 bits per heavy atom. The third-order valence-corrected chi connectivity index (χ3v) is 9.77. The van der Waals surface area contributed by atoms with Crippen molar-refractivity contribution >= 4 is 53.3 Å². The Kier molecular flexibility index (Phi) is 6.88. The lowest BCUT2D eigenvalue weighted by Crippen LogP contribution is -2.37. The van der Waals surface area contributed by atoms with Gasteiger partial charge in [0, 0.05) is 59.8 Å². The second-order valence-corrected chi connectivity index (χ2v) is 14.6. The number of rotatable bonds is 8. The van der Waals surface area contributed by atoms with Crippen LogP contribution in [0.4, 0.5) is 11.4 Å². The Hall–Kier alpha value is -3.32. The van der Waals surface area contributed by atoms with Gasteiger partial charge in [-0.3, -0.25) is 9.88 Å². The summed E-state index contributed by atoms with van der Waals surface area (Å²) in [6.07, 6.45) is 6.38. The van der Waals surface area contributed by atoms with Crippen LogP contribution >= 0.6 is 23.2 Å². The van der Waals surface area contributed by atoms with Crippen LogP contribution in [0.2, 0.25) is 10.0 Å². The molecule has 11 heteroatoms. The predicted octanol–water partition coefficient (Wildman–Crippen LogP) is 5.67. The molecule has 7 rings (SSSR count). The molecule has 0 bridgehead atoms. The predicted molar refractivity (Wildman–Crippen MR) is 174 cm³/mol. The largest absolute Gasteiger partial charge is 0.383 e. The fraction of sp³-hybridized carbons (Fsp3) is 0.438. The summed E-state index contributed by atoms with van der Waals surface area (Å²) < 4.78 is 2.08. The topological polar surface area (TPSA) is 94.7 Å². The van der Waals surface area contributed by atoms with Crippen molar-refractivity contribution in [2.24, 2.45) is 17.3 Å². The summed E-state index contributed by atoms with van der Waals surface area (Å²) in [5.41, 5.74) is 3.69. The molecule has 1 aliphatic heterocycles. The minimum atomic E-state index is -0.747. The van der Waals surface area contributed by atoms with Crippen molar-refractivity contribution in [1.29, 1.82) is 5.26 Å². The molecule has 4 atom stereocenters. The van der Waals surface area contributed by atoms with Gasteiger partial charge in [-0.05, 0) is 48.1 Å². The summed E-state index contributed by atoms with van der Waals surface area (Å²) in [5, 5.41) is 28.5. The van der Waals surface area contributed by atoms with Gasteiger partial charge < -0.3 is 10.6 Å². The summed E-state index contributed by atoms with van der Waals surface area (Å²) in [5.74, 6) is 1.31. The zero-order valence-corrected chi connectivity index (χ0v) is 26.4. The van der Waals surface area contributed by atoms with E-state index in [1.807, 2.05) is 36.4 Å². The summed E-state index contributed by atoms with van der Waals surface area (Å²) >= 11 is 13.1. The maximum absolute atomic E-state index is 9.90. The molecule has 0 spiro atoms. The van der Waals surface area contributed by atoms with E-state index in [9.17, 15) is 5.26 Å². The quantitative estimate of drug-likeness (QED) is 0.247. The Morgan fingerprint density at radius 2 is 1.81 bits per heavy atom. The number of nitrogens with one attached hydrogen (secondary N) is 2. The number of fused-ring (bicyclic) bond motifs is 2. The number of nitriles is 1. The van der Waals surface area contributed by atoms with E-state index < -0.39 is 5.44 Å². The van der Waals surface area contributed by atoms with Crippen molar-refractivity contribution in [3.05, 3.63) is 75.7 Å². The highest BCUT2D eigenvalue weighted by molar-refractivity contribution is 6.36. The maximum Gasteiger partial charge on any atom is 0.148 e. The number of anilines is 2. The first-order valence-corrected chi connectivity index (χ1v) is 15.8. The number of pyridine rings is 1. The number of halogens is 2. The van der Waals surface area contributed by atoms with Crippen LogP contribution in [-0.2, 0) is 5.44 Å². The Balaban J connectivity index is 1.25. The van der Waals surface area contributed by atoms with E-state index in [-0.39, 0.29) is 5.41 Å². The third-order valence-electron chi connectivity index (χ3n) is 9.23. The lowest BCUT2D eigenvalue weighted by atomic mass is 9.69. The van der Waals surface area contributed by atoms with Crippen molar-refractivity contribution in [2.45, 2.75) is 51.1 Å². The second kappa shape index (κ2) is 10.4. The van der Waals surface area contributed by atoms with Gasteiger partial charge in [-0.15, -0.1) is 5.10 Å². The first-order chi connectivity index (χ1) is 20.5. The number of hydrogen-bond donors (Lipinski definition) is 2. The minimum Gasteiger partial charge on any atom is -0.383 e. The van der Waals surface area contributed by atoms with Gasteiger partial charge in [-0.25, -0.2) is 4.68 Å². The molecule has 1 unspecified atom stereocenters. The van der Waals surface area contributed by atoms with E-state index in [2.05, 4.69) is 71.3 Å². The third kappa shape index (κ3) is 5.35. The van der Waals surface area contributed by atoms with Crippen LogP contribution in [0.3, 0.4) is 0 Å². The molecular formula is C32H35BCl2N8. The molecule has 220 valence electrons. The molecule has 1 saturated heterocycles. The highest BCUT2D eigenvalue weighted by Crippen LogP contribution is 2.56. The summed E-state index contributed by atoms with van der Waals surface area (Å²) in [6, 6.07) is 15.2. The first kappa shape index (κ1) is 28.5. The molecule has 3 aliphatic rings. The van der Waals surface area contributed by atoms with Crippen molar-refractivity contribution in [2.75, 3.05) is 30.3 Å². The van der Waals surface area contributed by atoms with Gasteiger partial charge >= 0.3 is 0 Å². The number of nitrogens with zero attached hydrogens (tertiary/aromatic N) is 6. The SMILES string of the molecule is BC(Nc1cc(Cl)c2ncc(C#N)c(NCC(C)(C)C)c2c1)(c1ccc(Cl)cc1)c1cn([C@H]2[C@@H]3CN(C4CC4)C[C@@H]32)nn1. The Bertz CT molecular complexity index is 1730. The van der Waals surface area contributed by atoms with E-state index in [1.165, 1.54) is 25.9 Å². The smallest absolute Gasteiger partial charge is 0.148 e. The van der Waals surface area contributed by atoms with Crippen LogP contribution in [-0.4, -0.2) is 58.4 Å². The van der Waals surface area contributed by atoms with Crippen LogP contribution in [0.5, 0.6) is 0 Å². The highest BCUT2D eigenvalue weighted by Gasteiger charge is 2.59. The van der Waals surface area contributed by atoms with Gasteiger partial charge in [-0.1, -0.05) is 61.3 Å². The Morgan fingerprint density at radius 3 is 2.47 bits per heavy atom. The summed E-state index contributed by atoms with van der Waals surface area (Å²) in [6.45, 7) is 9.47. The zero-order chi connectivity index (χ0) is 30.1. The lowest BCUT2D eigenvalue weighted by molar-refractivity contribution is 0.270. The average molecular weight is 613 g/mol. The monoisotopic (exact) mass is 612 g/mol. The Labute approximate surface area is 263 Å². The molecule has 3 fully saturated rings. The standard InChI is InChI=1S/C32H35BCl2N8/c1-31(2,3)17-38-28-18(12-36)13-37-29-23(28)10-21(11-26(29)35)39-32(33,19-4-6-20(34)7-5-19)27-16-43(41-40-27)30-24-14-42(15-25(24)30)22-8-9-22/h4-7,10-11,13,16,22,24-25,30,39H,8-9,14-15,17,33H2,1-3H3,(H,37,38)/t24-,25+,30+,32?. The van der Waals surface area contributed by atoms with Crippen LogP contribution in [0.1, 0.15) is 56.5 Å². The fourth-order valence-electron chi connectivity index (χ4n) is 6.63. The highest BCUT2D eigenvalue weighted by atomic mass is 35.5. The van der Waals surface area contributed by atoms with Crippen molar-refractivity contribution in [3.8, 4) is 6.07 Å². The zero-order valence-electron chi connectivity index (χ0n) is 24.9. The molecule has 8 nitrogen and oxygen atoms in total. The van der Waals surface area contributed by atoms with Gasteiger partial charge in [-0.2, -0.15) is 5.26 Å². The van der Waals surface area contributed by atoms with Crippen LogP contribution in [0, 0.1) is 28.6 Å². The van der Waals surface area contributed by atoms with E-state index in [4.69, 9.17) is 28.3 Å². The number of piperidine rings is 1. The van der Waals surface area contributed by atoms with Crippen LogP contribution < -0.4 is 10.6 Å².